The van der Waals surface area contributed by atoms with Crippen LogP contribution in [0.3, 0.4) is 0 Å². The lowest BCUT2D eigenvalue weighted by Gasteiger charge is -2.03. The second-order valence-electron chi connectivity index (χ2n) is 3.88. The number of hydrogen-bond acceptors (Lipinski definition) is 4. The van der Waals surface area contributed by atoms with E-state index in [0.717, 1.165) is 5.56 Å². The number of nitrogens with one attached hydrogen (secondary N) is 1. The maximum atomic E-state index is 11.8. The van der Waals surface area contributed by atoms with E-state index in [2.05, 4.69) is 16.9 Å². The number of benzene rings is 1. The zero-order valence-corrected chi connectivity index (χ0v) is 12.4. The van der Waals surface area contributed by atoms with Gasteiger partial charge in [0.05, 0.1) is 12.1 Å². The maximum absolute atomic E-state index is 11.8. The van der Waals surface area contributed by atoms with Crippen molar-refractivity contribution in [2.75, 3.05) is 13.7 Å². The summed E-state index contributed by atoms with van der Waals surface area (Å²) < 4.78 is 5.10. The van der Waals surface area contributed by atoms with Crippen LogP contribution in [0.15, 0.2) is 36.2 Å². The number of carbonyl (C=O) groups is 1. The summed E-state index contributed by atoms with van der Waals surface area (Å²) in [5.74, 6) is 0.455. The minimum Gasteiger partial charge on any atom is -0.497 e. The van der Waals surface area contributed by atoms with Gasteiger partial charge >= 0.3 is 0 Å². The molecule has 0 fully saturated rings. The van der Waals surface area contributed by atoms with E-state index in [1.54, 1.807) is 30.7 Å². The molecule has 0 saturated heterocycles. The van der Waals surface area contributed by atoms with Gasteiger partial charge in [0.15, 0.2) is 0 Å². The molecule has 0 atom stereocenters. The molecule has 1 amide bonds. The summed E-state index contributed by atoms with van der Waals surface area (Å²) in [6, 6.07) is 5.35. The Hall–Kier alpha value is -1.85. The van der Waals surface area contributed by atoms with Crippen molar-refractivity contribution in [3.63, 3.8) is 0 Å². The summed E-state index contributed by atoms with van der Waals surface area (Å²) in [4.78, 5) is 16.1. The lowest BCUT2D eigenvalue weighted by Crippen LogP contribution is -2.23. The molecule has 1 N–H and O–H groups in total. The first-order valence-corrected chi connectivity index (χ1v) is 7.10. The van der Waals surface area contributed by atoms with Crippen LogP contribution in [0.5, 0.6) is 5.75 Å². The second kappa shape index (κ2) is 6.54. The molecule has 6 heteroatoms. The Balaban J connectivity index is 2.24. The summed E-state index contributed by atoms with van der Waals surface area (Å²) in [5, 5.41) is 5.62. The Kier molecular flexibility index (Phi) is 4.76. The number of nitrogens with zero attached hydrogens (tertiary/aromatic N) is 1. The third-order valence-corrected chi connectivity index (χ3v) is 3.74. The number of thiazole rings is 1. The molecule has 20 heavy (non-hydrogen) atoms. The van der Waals surface area contributed by atoms with E-state index in [0.29, 0.717) is 28.0 Å². The van der Waals surface area contributed by atoms with Crippen molar-refractivity contribution < 1.29 is 9.53 Å². The Labute approximate surface area is 126 Å². The number of rotatable bonds is 5. The molecule has 0 saturated carbocycles. The van der Waals surface area contributed by atoms with Crippen LogP contribution in [0.1, 0.15) is 10.5 Å². The lowest BCUT2D eigenvalue weighted by atomic mass is 10.2. The molecule has 104 valence electrons. The average molecular weight is 309 g/mol. The van der Waals surface area contributed by atoms with E-state index in [1.165, 1.54) is 11.3 Å². The fraction of sp³-hybridized carbons (Fsp3) is 0.143. The first kappa shape index (κ1) is 14.6. The predicted molar refractivity (Wildman–Crippen MR) is 81.6 cm³/mol. The first-order chi connectivity index (χ1) is 9.65. The fourth-order valence-electron chi connectivity index (χ4n) is 1.55. The highest BCUT2D eigenvalue weighted by atomic mass is 35.5. The van der Waals surface area contributed by atoms with Crippen molar-refractivity contribution in [2.45, 2.75) is 0 Å². The van der Waals surface area contributed by atoms with Crippen LogP contribution in [0, 0.1) is 0 Å². The van der Waals surface area contributed by atoms with Gasteiger partial charge in [0.1, 0.15) is 16.5 Å². The molecule has 0 aliphatic carbocycles. The molecule has 0 radical (unpaired) electrons. The average Bonchev–Trinajstić information content (AvgIpc) is 2.94. The zero-order valence-electron chi connectivity index (χ0n) is 10.9. The number of aromatic nitrogens is 1. The molecule has 0 aliphatic heterocycles. The number of ether oxygens (including phenoxy) is 1. The van der Waals surface area contributed by atoms with Gasteiger partial charge in [0.2, 0.25) is 0 Å². The van der Waals surface area contributed by atoms with Crippen molar-refractivity contribution >= 4 is 28.8 Å². The van der Waals surface area contributed by atoms with E-state index in [9.17, 15) is 4.79 Å². The van der Waals surface area contributed by atoms with E-state index in [-0.39, 0.29) is 5.91 Å². The van der Waals surface area contributed by atoms with Gasteiger partial charge in [-0.05, 0) is 18.2 Å². The van der Waals surface area contributed by atoms with Gasteiger partial charge in [-0.3, -0.25) is 4.79 Å². The lowest BCUT2D eigenvalue weighted by molar-refractivity contribution is 0.0954. The normalized spacial score (nSPS) is 10.1. The highest BCUT2D eigenvalue weighted by Gasteiger charge is 2.13. The van der Waals surface area contributed by atoms with Crippen molar-refractivity contribution in [3.8, 4) is 16.3 Å². The third-order valence-electron chi connectivity index (χ3n) is 2.55. The Morgan fingerprint density at radius 1 is 1.60 bits per heavy atom. The van der Waals surface area contributed by atoms with Crippen LogP contribution in [0.2, 0.25) is 5.02 Å². The van der Waals surface area contributed by atoms with Crippen LogP contribution in [-0.4, -0.2) is 24.5 Å². The van der Waals surface area contributed by atoms with Crippen LogP contribution in [0.25, 0.3) is 10.6 Å². The molecule has 2 aromatic rings. The molecule has 0 spiro atoms. The van der Waals surface area contributed by atoms with Gasteiger partial charge in [-0.2, -0.15) is 0 Å². The summed E-state index contributed by atoms with van der Waals surface area (Å²) in [6.07, 6.45) is 1.62. The molecule has 0 aliphatic rings. The summed E-state index contributed by atoms with van der Waals surface area (Å²) in [7, 11) is 1.58. The van der Waals surface area contributed by atoms with E-state index < -0.39 is 0 Å². The zero-order chi connectivity index (χ0) is 14.5. The van der Waals surface area contributed by atoms with Crippen molar-refractivity contribution in [2.24, 2.45) is 0 Å². The van der Waals surface area contributed by atoms with Crippen molar-refractivity contribution in [3.05, 3.63) is 47.0 Å². The smallest absolute Gasteiger partial charge is 0.271 e. The molecular weight excluding hydrogens is 296 g/mol. The summed E-state index contributed by atoms with van der Waals surface area (Å²) in [5.41, 5.74) is 1.15. The highest BCUT2D eigenvalue weighted by molar-refractivity contribution is 7.13. The van der Waals surface area contributed by atoms with Crippen molar-refractivity contribution in [1.29, 1.82) is 0 Å². The standard InChI is InChI=1S/C14H13ClN2O2S/c1-3-6-16-13(18)12-8-20-14(17-12)10-5-4-9(19-2)7-11(10)15/h3-5,7-8H,1,6H2,2H3,(H,16,18). The van der Waals surface area contributed by atoms with Crippen molar-refractivity contribution in [1.82, 2.24) is 10.3 Å². The number of methoxy groups -OCH3 is 1. The van der Waals surface area contributed by atoms with Crippen LogP contribution >= 0.6 is 22.9 Å². The molecule has 1 heterocycles. The monoisotopic (exact) mass is 308 g/mol. The number of amides is 1. The number of hydrogen-bond donors (Lipinski definition) is 1. The summed E-state index contributed by atoms with van der Waals surface area (Å²) >= 11 is 7.56. The van der Waals surface area contributed by atoms with Gasteiger partial charge in [-0.25, -0.2) is 4.98 Å². The van der Waals surface area contributed by atoms with Crippen LogP contribution < -0.4 is 10.1 Å². The van der Waals surface area contributed by atoms with Crippen LogP contribution in [-0.2, 0) is 0 Å². The Bertz CT molecular complexity index is 640. The molecule has 0 unspecified atom stereocenters. The number of halogens is 1. The minimum atomic E-state index is -0.225. The first-order valence-electron chi connectivity index (χ1n) is 5.84. The Morgan fingerprint density at radius 3 is 3.05 bits per heavy atom. The highest BCUT2D eigenvalue weighted by Crippen LogP contribution is 2.32. The topological polar surface area (TPSA) is 51.2 Å². The van der Waals surface area contributed by atoms with Gasteiger partial charge in [-0.15, -0.1) is 17.9 Å². The van der Waals surface area contributed by atoms with Gasteiger partial charge < -0.3 is 10.1 Å². The minimum absolute atomic E-state index is 0.225. The summed E-state index contributed by atoms with van der Waals surface area (Å²) in [6.45, 7) is 3.96. The fourth-order valence-corrected chi connectivity index (χ4v) is 2.71. The molecule has 1 aromatic heterocycles. The Morgan fingerprint density at radius 2 is 2.40 bits per heavy atom. The van der Waals surface area contributed by atoms with E-state index in [4.69, 9.17) is 16.3 Å². The van der Waals surface area contributed by atoms with Gasteiger partial charge in [-0.1, -0.05) is 17.7 Å². The molecular formula is C14H13ClN2O2S. The second-order valence-corrected chi connectivity index (χ2v) is 5.15. The molecule has 0 bridgehead atoms. The predicted octanol–water partition coefficient (Wildman–Crippen LogP) is 3.39. The van der Waals surface area contributed by atoms with E-state index in [1.807, 2.05) is 6.07 Å². The molecule has 1 aromatic carbocycles. The largest absolute Gasteiger partial charge is 0.497 e. The van der Waals surface area contributed by atoms with E-state index >= 15 is 0 Å². The SMILES string of the molecule is C=CCNC(=O)c1csc(-c2ccc(OC)cc2Cl)n1. The molecule has 4 nitrogen and oxygen atoms in total. The third kappa shape index (κ3) is 3.18. The quantitative estimate of drug-likeness (QED) is 0.861. The number of carbonyl (C=O) groups excluding carboxylic acids is 1. The maximum Gasteiger partial charge on any atom is 0.271 e. The van der Waals surface area contributed by atoms with Crippen LogP contribution in [0.4, 0.5) is 0 Å². The van der Waals surface area contributed by atoms with Gasteiger partial charge in [0, 0.05) is 17.5 Å². The molecule has 2 rings (SSSR count). The van der Waals surface area contributed by atoms with Gasteiger partial charge in [0.25, 0.3) is 5.91 Å².